The lowest BCUT2D eigenvalue weighted by Crippen LogP contribution is -2.42. The van der Waals surface area contributed by atoms with E-state index in [0.29, 0.717) is 6.26 Å². The fraction of sp³-hybridized carbons (Fsp3) is 0.750. The summed E-state index contributed by atoms with van der Waals surface area (Å²) in [6, 6.07) is 0. The molecule has 0 aromatic carbocycles. The van der Waals surface area contributed by atoms with Gasteiger partial charge >= 0.3 is 32.7 Å². The van der Waals surface area contributed by atoms with Crippen molar-refractivity contribution in [3.05, 3.63) is 12.7 Å². The Morgan fingerprint density at radius 2 is 1.52 bits per heavy atom. The van der Waals surface area contributed by atoms with Crippen LogP contribution in [0.1, 0.15) is 6.92 Å². The summed E-state index contributed by atoms with van der Waals surface area (Å²) in [5.74, 6) is -0.787. The van der Waals surface area contributed by atoms with E-state index in [2.05, 4.69) is 25.0 Å². The molecule has 0 heterocycles. The SMILES string of the molecule is C=CC(=O)OCCNC(=O)OC(COC(C)S(=O)(=O)NS(=O)(=O)OCCOCCO)COS(=O)(=O)NS(C)(=O)=O. The van der Waals surface area contributed by atoms with Gasteiger partial charge in [0.15, 0.2) is 11.5 Å². The number of ether oxygens (including phenoxy) is 4. The number of amides is 1. The van der Waals surface area contributed by atoms with Gasteiger partial charge in [0.2, 0.25) is 10.0 Å². The van der Waals surface area contributed by atoms with Crippen LogP contribution in [-0.4, -0.2) is 121 Å². The molecule has 2 atom stereocenters. The van der Waals surface area contributed by atoms with Crippen molar-refractivity contribution in [2.75, 3.05) is 59.0 Å². The van der Waals surface area contributed by atoms with Gasteiger partial charge in [-0.1, -0.05) is 14.8 Å². The van der Waals surface area contributed by atoms with Crippen molar-refractivity contribution in [2.45, 2.75) is 18.5 Å². The van der Waals surface area contributed by atoms with Crippen LogP contribution in [-0.2, 0) is 72.8 Å². The van der Waals surface area contributed by atoms with E-state index in [1.54, 1.807) is 0 Å². The highest BCUT2D eigenvalue weighted by atomic mass is 32.3. The summed E-state index contributed by atoms with van der Waals surface area (Å²) in [7, 11) is -18.9. The minimum atomic E-state index is -4.93. The zero-order chi connectivity index (χ0) is 31.0. The van der Waals surface area contributed by atoms with Gasteiger partial charge in [-0.05, 0) is 6.92 Å². The second kappa shape index (κ2) is 17.7. The fourth-order valence-corrected chi connectivity index (χ4v) is 6.41. The van der Waals surface area contributed by atoms with E-state index < -0.39 is 84.1 Å². The summed E-state index contributed by atoms with van der Waals surface area (Å²) in [6.45, 7) is 0.120. The van der Waals surface area contributed by atoms with Crippen molar-refractivity contribution in [1.29, 1.82) is 0 Å². The van der Waals surface area contributed by atoms with Crippen molar-refractivity contribution in [1.82, 2.24) is 13.6 Å². The number of hydrogen-bond acceptors (Lipinski definition) is 17. The maximum absolute atomic E-state index is 12.3. The van der Waals surface area contributed by atoms with Crippen LogP contribution < -0.4 is 13.6 Å². The average Bonchev–Trinajstić information content (AvgIpc) is 2.80. The first-order chi connectivity index (χ1) is 18.3. The monoisotopic (exact) mass is 665 g/mol. The number of nitrogens with one attached hydrogen (secondary N) is 3. The average molecular weight is 666 g/mol. The maximum Gasteiger partial charge on any atom is 0.407 e. The number of carbonyl (C=O) groups is 2. The fourth-order valence-electron chi connectivity index (χ4n) is 1.98. The van der Waals surface area contributed by atoms with E-state index in [1.165, 1.54) is 8.25 Å². The summed E-state index contributed by atoms with van der Waals surface area (Å²) in [5.41, 5.74) is -1.96. The van der Waals surface area contributed by atoms with Gasteiger partial charge in [0.1, 0.15) is 13.2 Å². The van der Waals surface area contributed by atoms with Crippen molar-refractivity contribution >= 4 is 52.7 Å². The van der Waals surface area contributed by atoms with Gasteiger partial charge in [0, 0.05) is 6.08 Å². The third-order valence-corrected chi connectivity index (χ3v) is 9.30. The number of esters is 1. The van der Waals surface area contributed by atoms with Crippen LogP contribution in [0.2, 0.25) is 0 Å². The number of aliphatic hydroxyl groups is 1. The van der Waals surface area contributed by atoms with E-state index in [0.717, 1.165) is 13.0 Å². The minimum Gasteiger partial charge on any atom is -0.461 e. The summed E-state index contributed by atoms with van der Waals surface area (Å²) in [5, 5.41) is 10.7. The molecule has 236 valence electrons. The van der Waals surface area contributed by atoms with Crippen molar-refractivity contribution < 1.29 is 75.7 Å². The molecule has 40 heavy (non-hydrogen) atoms. The molecule has 4 N–H and O–H groups in total. The summed E-state index contributed by atoms with van der Waals surface area (Å²) in [4.78, 5) is 23.0. The van der Waals surface area contributed by atoms with E-state index in [9.17, 15) is 43.3 Å². The third kappa shape index (κ3) is 19.1. The van der Waals surface area contributed by atoms with Gasteiger partial charge in [-0.15, -0.1) is 0 Å². The lowest BCUT2D eigenvalue weighted by atomic mass is 10.4. The van der Waals surface area contributed by atoms with Crippen LogP contribution in [0.25, 0.3) is 0 Å². The first-order valence-corrected chi connectivity index (χ1v) is 16.9. The molecular formula is C16H31N3O17S4. The van der Waals surface area contributed by atoms with Crippen LogP contribution in [0.4, 0.5) is 4.79 Å². The van der Waals surface area contributed by atoms with Gasteiger partial charge in [0.25, 0.3) is 10.0 Å². The molecule has 2 unspecified atom stereocenters. The molecule has 0 aromatic rings. The molecule has 0 fully saturated rings. The molecule has 0 aliphatic carbocycles. The first-order valence-electron chi connectivity index (χ1n) is 10.7. The smallest absolute Gasteiger partial charge is 0.407 e. The number of sulfonamides is 2. The molecule has 20 nitrogen and oxygen atoms in total. The zero-order valence-electron chi connectivity index (χ0n) is 21.2. The minimum absolute atomic E-state index is 0.112. The Hall–Kier alpha value is -2.00. The molecule has 0 bridgehead atoms. The number of alkyl carbamates (subject to hydrolysis) is 1. The molecule has 0 aliphatic rings. The van der Waals surface area contributed by atoms with Crippen LogP contribution in [0, 0.1) is 0 Å². The van der Waals surface area contributed by atoms with E-state index >= 15 is 0 Å². The Balaban J connectivity index is 5.24. The third-order valence-electron chi connectivity index (χ3n) is 3.59. The molecule has 0 saturated heterocycles. The number of aliphatic hydroxyl groups excluding tert-OH is 1. The lowest BCUT2D eigenvalue weighted by Gasteiger charge is -2.21. The molecule has 0 spiro atoms. The molecular weight excluding hydrogens is 634 g/mol. The Bertz CT molecular complexity index is 1250. The summed E-state index contributed by atoms with van der Waals surface area (Å²) in [6.07, 6.45) is -1.57. The lowest BCUT2D eigenvalue weighted by molar-refractivity contribution is -0.137. The normalized spacial score (nSPS) is 14.2. The predicted molar refractivity (Wildman–Crippen MR) is 133 cm³/mol. The van der Waals surface area contributed by atoms with Gasteiger partial charge in [-0.3, -0.25) is 8.37 Å². The van der Waals surface area contributed by atoms with Gasteiger partial charge < -0.3 is 29.4 Å². The van der Waals surface area contributed by atoms with Gasteiger partial charge in [-0.25, -0.2) is 26.4 Å². The van der Waals surface area contributed by atoms with E-state index in [4.69, 9.17) is 19.3 Å². The largest absolute Gasteiger partial charge is 0.461 e. The van der Waals surface area contributed by atoms with Crippen LogP contribution >= 0.6 is 0 Å². The molecule has 0 radical (unpaired) electrons. The molecule has 24 heteroatoms. The molecule has 0 aromatic heterocycles. The van der Waals surface area contributed by atoms with Crippen molar-refractivity contribution in [2.24, 2.45) is 0 Å². The highest BCUT2D eigenvalue weighted by molar-refractivity contribution is 8.03. The molecule has 0 aliphatic heterocycles. The first kappa shape index (κ1) is 38.0. The van der Waals surface area contributed by atoms with Gasteiger partial charge in [0.05, 0.1) is 45.8 Å². The van der Waals surface area contributed by atoms with Crippen LogP contribution in [0.15, 0.2) is 12.7 Å². The van der Waals surface area contributed by atoms with Crippen LogP contribution in [0.5, 0.6) is 0 Å². The molecule has 1 amide bonds. The summed E-state index contributed by atoms with van der Waals surface area (Å²) >= 11 is 0. The van der Waals surface area contributed by atoms with Crippen LogP contribution in [0.3, 0.4) is 0 Å². The van der Waals surface area contributed by atoms with E-state index in [-0.39, 0.29) is 33.0 Å². The highest BCUT2D eigenvalue weighted by Gasteiger charge is 2.30. The number of carbonyl (C=O) groups excluding carboxylic acids is 2. The quantitative estimate of drug-likeness (QED) is 0.0489. The molecule has 0 rings (SSSR count). The maximum atomic E-state index is 12.3. The second-order valence-corrected chi connectivity index (χ2v) is 14.0. The topological polar surface area (TPSA) is 282 Å². The van der Waals surface area contributed by atoms with E-state index in [1.807, 2.05) is 0 Å². The Morgan fingerprint density at radius 3 is 2.10 bits per heavy atom. The summed E-state index contributed by atoms with van der Waals surface area (Å²) < 4.78 is 125. The van der Waals surface area contributed by atoms with Gasteiger partial charge in [-0.2, -0.15) is 16.8 Å². The Kier molecular flexibility index (Phi) is 16.8. The second-order valence-electron chi connectivity index (χ2n) is 7.06. The Morgan fingerprint density at radius 1 is 0.900 bits per heavy atom. The number of rotatable bonds is 22. The van der Waals surface area contributed by atoms with Crippen molar-refractivity contribution in [3.8, 4) is 0 Å². The zero-order valence-corrected chi connectivity index (χ0v) is 24.5. The molecule has 0 saturated carbocycles. The highest BCUT2D eigenvalue weighted by Crippen LogP contribution is 2.07. The Labute approximate surface area is 231 Å². The predicted octanol–water partition coefficient (Wildman–Crippen LogP) is -3.83. The standard InChI is InChI=1S/C16H31N3O17S4/c1-4-15(21)32-7-5-17-16(22)36-14(12-35-39(27,28)18-37(3,23)24)11-33-13(2)38(25,26)19-40(29,30)34-10-9-31-8-6-20/h4,13-14,18-20H,1,5-12H2,2-3H3,(H,17,22). The number of hydrogen-bond donors (Lipinski definition) is 4. The van der Waals surface area contributed by atoms with Crippen molar-refractivity contribution in [3.63, 3.8) is 0 Å².